The predicted octanol–water partition coefficient (Wildman–Crippen LogP) is 4.60. The number of ether oxygens (including phenoxy) is 1. The van der Waals surface area contributed by atoms with Crippen LogP contribution in [0.2, 0.25) is 0 Å². The van der Waals surface area contributed by atoms with Crippen molar-refractivity contribution in [2.24, 2.45) is 0 Å². The number of benzene rings is 3. The van der Waals surface area contributed by atoms with Crippen molar-refractivity contribution in [2.75, 3.05) is 0 Å². The molecule has 0 spiro atoms. The molecule has 0 aliphatic heterocycles. The third kappa shape index (κ3) is 4.64. The van der Waals surface area contributed by atoms with Crippen molar-refractivity contribution in [3.8, 4) is 11.8 Å². The Bertz CT molecular complexity index is 1180. The summed E-state index contributed by atoms with van der Waals surface area (Å²) < 4.78 is 5.39. The van der Waals surface area contributed by atoms with E-state index in [2.05, 4.69) is 0 Å². The summed E-state index contributed by atoms with van der Waals surface area (Å²) in [5.41, 5.74) is 0.604. The lowest BCUT2D eigenvalue weighted by Crippen LogP contribution is -2.09. The van der Waals surface area contributed by atoms with Gasteiger partial charge in [0.2, 0.25) is 5.78 Å². The van der Waals surface area contributed by atoms with E-state index in [1.807, 2.05) is 6.07 Å². The van der Waals surface area contributed by atoms with E-state index in [9.17, 15) is 25.0 Å². The molecule has 0 fully saturated rings. The van der Waals surface area contributed by atoms with E-state index in [0.717, 1.165) is 0 Å². The molecule has 0 heterocycles. The maximum Gasteiger partial charge on any atom is 0.343 e. The van der Waals surface area contributed by atoms with Crippen LogP contribution in [0.4, 0.5) is 5.69 Å². The van der Waals surface area contributed by atoms with Crippen molar-refractivity contribution in [1.82, 2.24) is 0 Å². The Balaban J connectivity index is 1.87. The number of rotatable bonds is 6. The van der Waals surface area contributed by atoms with Crippen LogP contribution in [-0.4, -0.2) is 16.7 Å². The zero-order chi connectivity index (χ0) is 21.5. The lowest BCUT2D eigenvalue weighted by atomic mass is 10.0. The first-order chi connectivity index (χ1) is 14.5. The molecule has 30 heavy (non-hydrogen) atoms. The summed E-state index contributed by atoms with van der Waals surface area (Å²) in [5, 5.41) is 20.2. The highest BCUT2D eigenvalue weighted by Gasteiger charge is 2.16. The molecule has 7 nitrogen and oxygen atoms in total. The predicted molar refractivity (Wildman–Crippen MR) is 109 cm³/mol. The van der Waals surface area contributed by atoms with Gasteiger partial charge >= 0.3 is 5.97 Å². The van der Waals surface area contributed by atoms with Gasteiger partial charge in [0, 0.05) is 23.3 Å². The molecule has 0 aliphatic carbocycles. The van der Waals surface area contributed by atoms with Crippen molar-refractivity contribution in [1.29, 1.82) is 5.26 Å². The largest absolute Gasteiger partial charge is 0.422 e. The van der Waals surface area contributed by atoms with E-state index in [1.54, 1.807) is 48.5 Å². The molecule has 0 atom stereocenters. The van der Waals surface area contributed by atoms with Crippen LogP contribution in [-0.2, 0) is 0 Å². The second-order valence-corrected chi connectivity index (χ2v) is 6.10. The molecule has 3 aromatic carbocycles. The Morgan fingerprint density at radius 1 is 0.900 bits per heavy atom. The van der Waals surface area contributed by atoms with E-state index in [4.69, 9.17) is 4.74 Å². The van der Waals surface area contributed by atoms with Crippen LogP contribution in [0.15, 0.2) is 84.4 Å². The van der Waals surface area contributed by atoms with E-state index < -0.39 is 16.7 Å². The van der Waals surface area contributed by atoms with Gasteiger partial charge in [0.15, 0.2) is 0 Å². The topological polar surface area (TPSA) is 110 Å². The number of non-ortho nitro benzene ring substituents is 1. The summed E-state index contributed by atoms with van der Waals surface area (Å²) in [6.45, 7) is 0. The number of nitriles is 1. The normalized spacial score (nSPS) is 10.7. The zero-order valence-electron chi connectivity index (χ0n) is 15.5. The van der Waals surface area contributed by atoms with Gasteiger partial charge in [-0.25, -0.2) is 4.79 Å². The standard InChI is InChI=1S/C23H14N2O5/c24-15-19(22(26)16-6-2-1-3-7-16)14-18-8-4-5-9-21(18)30-23(27)17-10-12-20(13-11-17)25(28)29/h1-14H/b19-14+. The van der Waals surface area contributed by atoms with Crippen LogP contribution in [0.25, 0.3) is 6.08 Å². The van der Waals surface area contributed by atoms with Crippen molar-refractivity contribution in [2.45, 2.75) is 0 Å². The third-order valence-corrected chi connectivity index (χ3v) is 4.14. The van der Waals surface area contributed by atoms with Gasteiger partial charge < -0.3 is 4.74 Å². The Morgan fingerprint density at radius 3 is 2.17 bits per heavy atom. The Hall–Kier alpha value is -4.57. The van der Waals surface area contributed by atoms with E-state index in [1.165, 1.54) is 36.4 Å². The maximum absolute atomic E-state index is 12.6. The van der Waals surface area contributed by atoms with E-state index >= 15 is 0 Å². The van der Waals surface area contributed by atoms with Crippen molar-refractivity contribution in [3.63, 3.8) is 0 Å². The molecule has 146 valence electrons. The van der Waals surface area contributed by atoms with Gasteiger partial charge in [0.25, 0.3) is 5.69 Å². The number of carbonyl (C=O) groups is 2. The van der Waals surface area contributed by atoms with Crippen molar-refractivity contribution >= 4 is 23.5 Å². The number of nitrogens with zero attached hydrogens (tertiary/aromatic N) is 2. The first-order valence-electron chi connectivity index (χ1n) is 8.77. The Morgan fingerprint density at radius 2 is 1.53 bits per heavy atom. The first-order valence-corrected chi connectivity index (χ1v) is 8.77. The van der Waals surface area contributed by atoms with Crippen LogP contribution in [0.1, 0.15) is 26.3 Å². The number of nitro groups is 1. The second-order valence-electron chi connectivity index (χ2n) is 6.10. The fourth-order valence-electron chi connectivity index (χ4n) is 2.62. The first kappa shape index (κ1) is 20.2. The molecule has 0 radical (unpaired) electrons. The fourth-order valence-corrected chi connectivity index (χ4v) is 2.62. The SMILES string of the molecule is N#C/C(=C\c1ccccc1OC(=O)c1ccc([N+](=O)[O-])cc1)C(=O)c1ccccc1. The van der Waals surface area contributed by atoms with E-state index in [0.29, 0.717) is 11.1 Å². The highest BCUT2D eigenvalue weighted by molar-refractivity contribution is 6.14. The summed E-state index contributed by atoms with van der Waals surface area (Å²) >= 11 is 0. The Kier molecular flexibility index (Phi) is 6.11. The number of Topliss-reactive ketones (excluding diaryl/α,β-unsaturated/α-hetero) is 1. The number of hydrogen-bond acceptors (Lipinski definition) is 6. The summed E-state index contributed by atoms with van der Waals surface area (Å²) in [7, 11) is 0. The fraction of sp³-hybridized carbons (Fsp3) is 0. The summed E-state index contributed by atoms with van der Waals surface area (Å²) in [4.78, 5) is 35.2. The minimum atomic E-state index is -0.723. The molecule has 0 N–H and O–H groups in total. The van der Waals surface area contributed by atoms with Gasteiger partial charge in [-0.2, -0.15) is 5.26 Å². The van der Waals surface area contributed by atoms with Crippen LogP contribution >= 0.6 is 0 Å². The van der Waals surface area contributed by atoms with Crippen LogP contribution in [0, 0.1) is 21.4 Å². The zero-order valence-corrected chi connectivity index (χ0v) is 15.5. The third-order valence-electron chi connectivity index (χ3n) is 4.14. The lowest BCUT2D eigenvalue weighted by molar-refractivity contribution is -0.384. The molecule has 7 heteroatoms. The molecule has 0 aromatic heterocycles. The molecule has 0 saturated heterocycles. The molecule has 0 saturated carbocycles. The Labute approximate surface area is 171 Å². The molecule has 0 amide bonds. The van der Waals surface area contributed by atoms with Gasteiger partial charge in [-0.15, -0.1) is 0 Å². The van der Waals surface area contributed by atoms with Crippen molar-refractivity contribution in [3.05, 3.63) is 111 Å². The van der Waals surface area contributed by atoms with Crippen LogP contribution < -0.4 is 4.74 Å². The second kappa shape index (κ2) is 9.08. The number of nitro benzene ring substituents is 1. The molecule has 3 aromatic rings. The van der Waals surface area contributed by atoms with Crippen LogP contribution in [0.5, 0.6) is 5.75 Å². The van der Waals surface area contributed by atoms with Crippen LogP contribution in [0.3, 0.4) is 0 Å². The van der Waals surface area contributed by atoms with Gasteiger partial charge in [-0.1, -0.05) is 48.5 Å². The molecular weight excluding hydrogens is 384 g/mol. The van der Waals surface area contributed by atoms with Gasteiger partial charge in [0.05, 0.1) is 10.5 Å². The summed E-state index contributed by atoms with van der Waals surface area (Å²) in [6.07, 6.45) is 1.35. The molecule has 0 unspecified atom stereocenters. The summed E-state index contributed by atoms with van der Waals surface area (Å²) in [5.74, 6) is -1.03. The molecule has 0 aliphatic rings. The highest BCUT2D eigenvalue weighted by Crippen LogP contribution is 2.24. The monoisotopic (exact) mass is 398 g/mol. The smallest absolute Gasteiger partial charge is 0.343 e. The average Bonchev–Trinajstić information content (AvgIpc) is 2.78. The van der Waals surface area contributed by atoms with Gasteiger partial charge in [-0.05, 0) is 24.3 Å². The minimum absolute atomic E-state index is 0.111. The number of allylic oxidation sites excluding steroid dienone is 1. The number of esters is 1. The molecular formula is C23H14N2O5. The maximum atomic E-state index is 12.6. The number of hydrogen-bond donors (Lipinski definition) is 0. The van der Waals surface area contributed by atoms with E-state index in [-0.39, 0.29) is 22.6 Å². The molecule has 3 rings (SSSR count). The summed E-state index contributed by atoms with van der Waals surface area (Å²) in [6, 6.07) is 21.7. The molecule has 0 bridgehead atoms. The lowest BCUT2D eigenvalue weighted by Gasteiger charge is -2.08. The highest BCUT2D eigenvalue weighted by atomic mass is 16.6. The van der Waals surface area contributed by atoms with Gasteiger partial charge in [0.1, 0.15) is 17.4 Å². The average molecular weight is 398 g/mol. The number of carbonyl (C=O) groups excluding carboxylic acids is 2. The minimum Gasteiger partial charge on any atom is -0.422 e. The number of para-hydroxylation sites is 1. The van der Waals surface area contributed by atoms with Gasteiger partial charge in [-0.3, -0.25) is 14.9 Å². The number of ketones is 1. The quantitative estimate of drug-likeness (QED) is 0.114. The van der Waals surface area contributed by atoms with Crippen molar-refractivity contribution < 1.29 is 19.2 Å².